The molecule has 2 saturated heterocycles. The van der Waals surface area contributed by atoms with Crippen molar-refractivity contribution in [2.45, 2.75) is 51.0 Å². The van der Waals surface area contributed by atoms with Gasteiger partial charge in [-0.25, -0.2) is 4.79 Å². The number of likely N-dealkylation sites (tertiary alicyclic amines) is 2. The number of nitrogens with one attached hydrogen (secondary N) is 1. The summed E-state index contributed by atoms with van der Waals surface area (Å²) < 4.78 is 0.987. The number of H-pyrrole nitrogens is 1. The highest BCUT2D eigenvalue weighted by molar-refractivity contribution is 5.79. The molecule has 1 aromatic heterocycles. The third-order valence-corrected chi connectivity index (χ3v) is 6.29. The quantitative estimate of drug-likeness (QED) is 0.806. The van der Waals surface area contributed by atoms with E-state index in [-0.39, 0.29) is 23.7 Å². The number of nitrogens with zero attached hydrogens (tertiary/aromatic N) is 3. The Kier molecular flexibility index (Phi) is 4.44. The summed E-state index contributed by atoms with van der Waals surface area (Å²) in [5.41, 5.74) is -0.622. The molecule has 0 radical (unpaired) electrons. The molecule has 4 rings (SSSR count). The van der Waals surface area contributed by atoms with E-state index < -0.39 is 11.2 Å². The number of rotatable bonds is 3. The largest absolute Gasteiger partial charge is 0.342 e. The van der Waals surface area contributed by atoms with Crippen LogP contribution in [0.5, 0.6) is 0 Å². The van der Waals surface area contributed by atoms with E-state index in [9.17, 15) is 19.2 Å². The summed E-state index contributed by atoms with van der Waals surface area (Å²) in [7, 11) is 1.40. The maximum Gasteiger partial charge on any atom is 0.328 e. The fourth-order valence-corrected chi connectivity index (χ4v) is 4.53. The second-order valence-corrected chi connectivity index (χ2v) is 8.33. The zero-order chi connectivity index (χ0) is 19.2. The number of aromatic nitrogens is 2. The molecule has 3 fully saturated rings. The van der Waals surface area contributed by atoms with Crippen molar-refractivity contribution < 1.29 is 9.59 Å². The Morgan fingerprint density at radius 2 is 2.00 bits per heavy atom. The molecule has 0 bridgehead atoms. The topological polar surface area (TPSA) is 95.5 Å². The molecule has 1 spiro atoms. The Morgan fingerprint density at radius 1 is 1.22 bits per heavy atom. The van der Waals surface area contributed by atoms with Gasteiger partial charge in [-0.1, -0.05) is 0 Å². The van der Waals surface area contributed by atoms with Crippen molar-refractivity contribution in [1.82, 2.24) is 19.4 Å². The number of amides is 2. The summed E-state index contributed by atoms with van der Waals surface area (Å²) in [4.78, 5) is 55.1. The second kappa shape index (κ2) is 6.65. The predicted octanol–water partition coefficient (Wildman–Crippen LogP) is 0.00970. The molecule has 1 saturated carbocycles. The van der Waals surface area contributed by atoms with Gasteiger partial charge in [0, 0.05) is 56.3 Å². The Balaban J connectivity index is 1.47. The average Bonchev–Trinajstić information content (AvgIpc) is 3.50. The minimum atomic E-state index is -0.486. The van der Waals surface area contributed by atoms with Crippen LogP contribution >= 0.6 is 0 Å². The molecular weight excluding hydrogens is 348 g/mol. The van der Waals surface area contributed by atoms with Crippen molar-refractivity contribution in [1.29, 1.82) is 0 Å². The van der Waals surface area contributed by atoms with Gasteiger partial charge in [-0.3, -0.25) is 19.0 Å². The van der Waals surface area contributed by atoms with E-state index in [1.807, 2.05) is 9.80 Å². The molecule has 8 heteroatoms. The average molecular weight is 374 g/mol. The first-order chi connectivity index (χ1) is 12.9. The van der Waals surface area contributed by atoms with E-state index in [1.165, 1.54) is 13.2 Å². The molecule has 0 aromatic carbocycles. The molecule has 1 aromatic rings. The molecule has 1 unspecified atom stereocenters. The molecule has 1 N–H and O–H groups in total. The van der Waals surface area contributed by atoms with Gasteiger partial charge in [-0.2, -0.15) is 0 Å². The molecule has 1 aliphatic carbocycles. The highest BCUT2D eigenvalue weighted by Gasteiger charge is 2.46. The predicted molar refractivity (Wildman–Crippen MR) is 98.2 cm³/mol. The third kappa shape index (κ3) is 3.44. The molecule has 2 aliphatic heterocycles. The van der Waals surface area contributed by atoms with E-state index in [0.29, 0.717) is 31.1 Å². The smallest absolute Gasteiger partial charge is 0.328 e. The van der Waals surface area contributed by atoms with Crippen molar-refractivity contribution in [3.8, 4) is 0 Å². The van der Waals surface area contributed by atoms with Gasteiger partial charge < -0.3 is 14.8 Å². The van der Waals surface area contributed by atoms with Gasteiger partial charge in [0.15, 0.2) is 0 Å². The minimum Gasteiger partial charge on any atom is -0.342 e. The van der Waals surface area contributed by atoms with Crippen LogP contribution in [0.2, 0.25) is 0 Å². The summed E-state index contributed by atoms with van der Waals surface area (Å²) in [6.45, 7) is 2.08. The lowest BCUT2D eigenvalue weighted by molar-refractivity contribution is -0.143. The Morgan fingerprint density at radius 3 is 2.74 bits per heavy atom. The molecule has 2 amide bonds. The zero-order valence-electron chi connectivity index (χ0n) is 15.7. The van der Waals surface area contributed by atoms with Crippen molar-refractivity contribution in [3.63, 3.8) is 0 Å². The summed E-state index contributed by atoms with van der Waals surface area (Å²) in [5.74, 6) is 0.163. The number of hydrogen-bond donors (Lipinski definition) is 1. The first-order valence-corrected chi connectivity index (χ1v) is 9.73. The van der Waals surface area contributed by atoms with Crippen LogP contribution in [-0.4, -0.2) is 56.8 Å². The summed E-state index contributed by atoms with van der Waals surface area (Å²) in [6, 6.07) is 0.407. The van der Waals surface area contributed by atoms with Crippen molar-refractivity contribution in [2.75, 3.05) is 19.6 Å². The third-order valence-electron chi connectivity index (χ3n) is 6.29. The Bertz CT molecular complexity index is 884. The maximum absolute atomic E-state index is 12.8. The minimum absolute atomic E-state index is 0.00912. The SMILES string of the molecule is Cn1c(=O)[nH]cc(CC(=O)N2CCCC3(CCC(=O)N(C4CC4)C3)C2)c1=O. The number of piperidine rings is 2. The highest BCUT2D eigenvalue weighted by Crippen LogP contribution is 2.42. The highest BCUT2D eigenvalue weighted by atomic mass is 16.2. The number of carbonyl (C=O) groups excluding carboxylic acids is 2. The molecule has 1 atom stereocenters. The van der Waals surface area contributed by atoms with Crippen LogP contribution in [0, 0.1) is 5.41 Å². The second-order valence-electron chi connectivity index (χ2n) is 8.33. The van der Waals surface area contributed by atoms with Crippen LogP contribution in [0.1, 0.15) is 44.1 Å². The lowest BCUT2D eigenvalue weighted by Crippen LogP contribution is -2.55. The lowest BCUT2D eigenvalue weighted by atomic mass is 9.73. The normalized spacial score (nSPS) is 25.9. The van der Waals surface area contributed by atoms with Crippen molar-refractivity contribution in [3.05, 3.63) is 32.6 Å². The Hall–Kier alpha value is -2.38. The molecule has 8 nitrogen and oxygen atoms in total. The van der Waals surface area contributed by atoms with Gasteiger partial charge in [0.25, 0.3) is 5.56 Å². The molecule has 3 aliphatic rings. The van der Waals surface area contributed by atoms with Crippen LogP contribution in [0.3, 0.4) is 0 Å². The Labute approximate surface area is 157 Å². The lowest BCUT2D eigenvalue weighted by Gasteiger charge is -2.48. The maximum atomic E-state index is 12.8. The molecule has 3 heterocycles. The molecule has 146 valence electrons. The van der Waals surface area contributed by atoms with Gasteiger partial charge in [-0.15, -0.1) is 0 Å². The van der Waals surface area contributed by atoms with E-state index in [2.05, 4.69) is 4.98 Å². The summed E-state index contributed by atoms with van der Waals surface area (Å²) in [5, 5.41) is 0. The van der Waals surface area contributed by atoms with Gasteiger partial charge in [-0.05, 0) is 32.1 Å². The van der Waals surface area contributed by atoms with Crippen LogP contribution < -0.4 is 11.2 Å². The molecular formula is C19H26N4O4. The fraction of sp³-hybridized carbons (Fsp3) is 0.684. The van der Waals surface area contributed by atoms with E-state index in [1.54, 1.807) is 0 Å². The molecule has 27 heavy (non-hydrogen) atoms. The standard InChI is InChI=1S/C19H26N4O4/c1-21-17(26)13(10-20-18(21)27)9-16(25)22-8-2-6-19(11-22)7-5-15(24)23(12-19)14-3-4-14/h10,14H,2-9,11-12H2,1H3,(H,20,27). The van der Waals surface area contributed by atoms with Gasteiger partial charge in [0.05, 0.1) is 6.42 Å². The van der Waals surface area contributed by atoms with Crippen molar-refractivity contribution in [2.24, 2.45) is 12.5 Å². The number of carbonyl (C=O) groups is 2. The fourth-order valence-electron chi connectivity index (χ4n) is 4.53. The number of aromatic amines is 1. The van der Waals surface area contributed by atoms with Crippen LogP contribution in [-0.2, 0) is 23.1 Å². The van der Waals surface area contributed by atoms with Gasteiger partial charge in [0.1, 0.15) is 0 Å². The van der Waals surface area contributed by atoms with Crippen LogP contribution in [0.15, 0.2) is 15.8 Å². The van der Waals surface area contributed by atoms with E-state index in [4.69, 9.17) is 0 Å². The summed E-state index contributed by atoms with van der Waals surface area (Å²) >= 11 is 0. The van der Waals surface area contributed by atoms with Crippen LogP contribution in [0.4, 0.5) is 0 Å². The first-order valence-electron chi connectivity index (χ1n) is 9.73. The van der Waals surface area contributed by atoms with E-state index >= 15 is 0 Å². The van der Waals surface area contributed by atoms with Gasteiger partial charge >= 0.3 is 5.69 Å². The monoisotopic (exact) mass is 374 g/mol. The summed E-state index contributed by atoms with van der Waals surface area (Å²) in [6.07, 6.45) is 6.88. The number of hydrogen-bond acceptors (Lipinski definition) is 4. The zero-order valence-corrected chi connectivity index (χ0v) is 15.7. The van der Waals surface area contributed by atoms with Crippen LogP contribution in [0.25, 0.3) is 0 Å². The van der Waals surface area contributed by atoms with Gasteiger partial charge in [0.2, 0.25) is 11.8 Å². The first kappa shape index (κ1) is 18.0. The van der Waals surface area contributed by atoms with Crippen molar-refractivity contribution >= 4 is 11.8 Å². The van der Waals surface area contributed by atoms with E-state index in [0.717, 1.165) is 43.2 Å².